The number of hydrogen-bond donors (Lipinski definition) is 2. The first-order valence-electron chi connectivity index (χ1n) is 5.19. The van der Waals surface area contributed by atoms with Crippen LogP contribution in [0.25, 0.3) is 0 Å². The van der Waals surface area contributed by atoms with Crippen molar-refractivity contribution in [3.05, 3.63) is 18.1 Å². The molecule has 0 amide bonds. The monoisotopic (exact) mass is 210 g/mol. The highest BCUT2D eigenvalue weighted by molar-refractivity contribution is 5.34. The van der Waals surface area contributed by atoms with Crippen LogP contribution in [0.5, 0.6) is 0 Å². The third kappa shape index (κ3) is 4.71. The molecule has 84 valence electrons. The molecule has 0 radical (unpaired) electrons. The number of hydrogen-bond acceptors (Lipinski definition) is 5. The highest BCUT2D eigenvalue weighted by atomic mass is 16.5. The largest absolute Gasteiger partial charge is 0.378 e. The smallest absolute Gasteiger partial charge is 0.129 e. The Labute approximate surface area is 90.1 Å². The van der Waals surface area contributed by atoms with Gasteiger partial charge in [0.1, 0.15) is 12.1 Å². The number of nitrogens with two attached hydrogens (primary N) is 1. The SMILES string of the molecule is CCc1cc(NCCOCCN)ncn1. The van der Waals surface area contributed by atoms with E-state index in [2.05, 4.69) is 22.2 Å². The lowest BCUT2D eigenvalue weighted by atomic mass is 10.3. The van der Waals surface area contributed by atoms with Gasteiger partial charge in [0.15, 0.2) is 0 Å². The Morgan fingerprint density at radius 1 is 1.40 bits per heavy atom. The predicted octanol–water partition coefficient (Wildman–Crippen LogP) is 0.426. The normalized spacial score (nSPS) is 10.3. The summed E-state index contributed by atoms with van der Waals surface area (Å²) in [5.74, 6) is 0.846. The molecule has 0 saturated heterocycles. The Morgan fingerprint density at radius 2 is 2.27 bits per heavy atom. The molecule has 0 atom stereocenters. The Kier molecular flexibility index (Phi) is 5.65. The summed E-state index contributed by atoms with van der Waals surface area (Å²) in [6, 6.07) is 1.95. The van der Waals surface area contributed by atoms with Crippen molar-refractivity contribution in [2.24, 2.45) is 5.73 Å². The van der Waals surface area contributed by atoms with E-state index in [1.54, 1.807) is 6.33 Å². The summed E-state index contributed by atoms with van der Waals surface area (Å²) in [4.78, 5) is 8.22. The molecule has 0 aliphatic carbocycles. The minimum atomic E-state index is 0.563. The average Bonchev–Trinajstić information content (AvgIpc) is 2.29. The quantitative estimate of drug-likeness (QED) is 0.638. The van der Waals surface area contributed by atoms with Crippen molar-refractivity contribution in [1.29, 1.82) is 0 Å². The van der Waals surface area contributed by atoms with Gasteiger partial charge in [-0.15, -0.1) is 0 Å². The van der Waals surface area contributed by atoms with E-state index >= 15 is 0 Å². The lowest BCUT2D eigenvalue weighted by Crippen LogP contribution is -2.15. The van der Waals surface area contributed by atoms with E-state index < -0.39 is 0 Å². The van der Waals surface area contributed by atoms with Crippen LogP contribution in [0.3, 0.4) is 0 Å². The minimum absolute atomic E-state index is 0.563. The standard InChI is InChI=1S/C10H18N4O/c1-2-9-7-10(14-8-13-9)12-4-6-15-5-3-11/h7-8H,2-6,11H2,1H3,(H,12,13,14). The summed E-state index contributed by atoms with van der Waals surface area (Å²) in [5, 5.41) is 3.16. The number of nitrogens with one attached hydrogen (secondary N) is 1. The van der Waals surface area contributed by atoms with E-state index in [0.29, 0.717) is 19.8 Å². The van der Waals surface area contributed by atoms with Gasteiger partial charge in [-0.25, -0.2) is 9.97 Å². The van der Waals surface area contributed by atoms with Gasteiger partial charge in [-0.3, -0.25) is 0 Å². The molecule has 0 bridgehead atoms. The maximum absolute atomic E-state index is 5.29. The second-order valence-electron chi connectivity index (χ2n) is 3.08. The fraction of sp³-hybridized carbons (Fsp3) is 0.600. The lowest BCUT2D eigenvalue weighted by molar-refractivity contribution is 0.151. The van der Waals surface area contributed by atoms with Gasteiger partial charge < -0.3 is 15.8 Å². The van der Waals surface area contributed by atoms with Crippen molar-refractivity contribution < 1.29 is 4.74 Å². The summed E-state index contributed by atoms with van der Waals surface area (Å²) < 4.78 is 5.23. The van der Waals surface area contributed by atoms with Crippen molar-refractivity contribution in [2.45, 2.75) is 13.3 Å². The molecular weight excluding hydrogens is 192 g/mol. The molecular formula is C10H18N4O. The molecule has 0 aromatic carbocycles. The maximum Gasteiger partial charge on any atom is 0.129 e. The molecule has 3 N–H and O–H groups in total. The molecule has 0 spiro atoms. The van der Waals surface area contributed by atoms with Gasteiger partial charge in [0.25, 0.3) is 0 Å². The highest BCUT2D eigenvalue weighted by Crippen LogP contribution is 2.03. The van der Waals surface area contributed by atoms with Gasteiger partial charge in [0.2, 0.25) is 0 Å². The van der Waals surface area contributed by atoms with Gasteiger partial charge in [-0.05, 0) is 6.42 Å². The first kappa shape index (κ1) is 11.9. The topological polar surface area (TPSA) is 73.1 Å². The number of aromatic nitrogens is 2. The van der Waals surface area contributed by atoms with Crippen LogP contribution >= 0.6 is 0 Å². The first-order chi connectivity index (χ1) is 7.36. The molecule has 1 aromatic heterocycles. The zero-order valence-electron chi connectivity index (χ0n) is 9.07. The van der Waals surface area contributed by atoms with Crippen LogP contribution in [-0.2, 0) is 11.2 Å². The fourth-order valence-corrected chi connectivity index (χ4v) is 1.12. The Morgan fingerprint density at radius 3 is 3.00 bits per heavy atom. The third-order valence-electron chi connectivity index (χ3n) is 1.90. The van der Waals surface area contributed by atoms with Crippen LogP contribution in [0.1, 0.15) is 12.6 Å². The van der Waals surface area contributed by atoms with Crippen molar-refractivity contribution in [1.82, 2.24) is 9.97 Å². The number of rotatable bonds is 7. The van der Waals surface area contributed by atoms with Crippen molar-refractivity contribution >= 4 is 5.82 Å². The molecule has 0 saturated carbocycles. The summed E-state index contributed by atoms with van der Waals surface area (Å²) >= 11 is 0. The van der Waals surface area contributed by atoms with Crippen LogP contribution in [0, 0.1) is 0 Å². The minimum Gasteiger partial charge on any atom is -0.378 e. The predicted molar refractivity (Wildman–Crippen MR) is 59.8 cm³/mol. The molecule has 5 nitrogen and oxygen atoms in total. The van der Waals surface area contributed by atoms with Crippen LogP contribution in [-0.4, -0.2) is 36.3 Å². The van der Waals surface area contributed by atoms with Crippen molar-refractivity contribution in [3.8, 4) is 0 Å². The molecule has 1 heterocycles. The van der Waals surface area contributed by atoms with Gasteiger partial charge in [-0.2, -0.15) is 0 Å². The molecule has 0 aliphatic heterocycles. The van der Waals surface area contributed by atoms with E-state index in [0.717, 1.165) is 24.5 Å². The van der Waals surface area contributed by atoms with Crippen LogP contribution in [0.2, 0.25) is 0 Å². The molecule has 0 fully saturated rings. The fourth-order valence-electron chi connectivity index (χ4n) is 1.12. The molecule has 0 aliphatic rings. The number of anilines is 1. The van der Waals surface area contributed by atoms with E-state index in [-0.39, 0.29) is 0 Å². The zero-order valence-corrected chi connectivity index (χ0v) is 9.07. The molecule has 1 rings (SSSR count). The number of aryl methyl sites for hydroxylation is 1. The molecule has 15 heavy (non-hydrogen) atoms. The first-order valence-corrected chi connectivity index (χ1v) is 5.19. The summed E-state index contributed by atoms with van der Waals surface area (Å²) in [6.07, 6.45) is 2.49. The van der Waals surface area contributed by atoms with Crippen molar-refractivity contribution in [3.63, 3.8) is 0 Å². The van der Waals surface area contributed by atoms with Gasteiger partial charge in [0, 0.05) is 24.8 Å². The molecule has 5 heteroatoms. The van der Waals surface area contributed by atoms with Crippen molar-refractivity contribution in [2.75, 3.05) is 31.6 Å². The van der Waals surface area contributed by atoms with E-state index in [4.69, 9.17) is 10.5 Å². The van der Waals surface area contributed by atoms with Crippen LogP contribution in [0.15, 0.2) is 12.4 Å². The van der Waals surface area contributed by atoms with Crippen LogP contribution in [0.4, 0.5) is 5.82 Å². The third-order valence-corrected chi connectivity index (χ3v) is 1.90. The summed E-state index contributed by atoms with van der Waals surface area (Å²) in [5.41, 5.74) is 6.33. The average molecular weight is 210 g/mol. The summed E-state index contributed by atoms with van der Waals surface area (Å²) in [6.45, 7) is 4.61. The Bertz CT molecular complexity index is 280. The van der Waals surface area contributed by atoms with Crippen LogP contribution < -0.4 is 11.1 Å². The van der Waals surface area contributed by atoms with E-state index in [1.165, 1.54) is 0 Å². The lowest BCUT2D eigenvalue weighted by Gasteiger charge is -2.06. The van der Waals surface area contributed by atoms with Gasteiger partial charge in [0.05, 0.1) is 13.2 Å². The Hall–Kier alpha value is -1.20. The van der Waals surface area contributed by atoms with Gasteiger partial charge in [-0.1, -0.05) is 6.92 Å². The summed E-state index contributed by atoms with van der Waals surface area (Å²) in [7, 11) is 0. The molecule has 1 aromatic rings. The second kappa shape index (κ2) is 7.14. The second-order valence-corrected chi connectivity index (χ2v) is 3.08. The number of ether oxygens (including phenoxy) is 1. The molecule has 0 unspecified atom stereocenters. The number of nitrogens with zero attached hydrogens (tertiary/aromatic N) is 2. The highest BCUT2D eigenvalue weighted by Gasteiger charge is 1.95. The maximum atomic E-state index is 5.29. The Balaban J connectivity index is 2.24. The zero-order chi connectivity index (χ0) is 10.9. The van der Waals surface area contributed by atoms with Gasteiger partial charge >= 0.3 is 0 Å². The van der Waals surface area contributed by atoms with E-state index in [1.807, 2.05) is 6.07 Å². The van der Waals surface area contributed by atoms with E-state index in [9.17, 15) is 0 Å².